The average molecular weight is 265 g/mol. The molecule has 1 heterocycles. The zero-order valence-electron chi connectivity index (χ0n) is 10.6. The summed E-state index contributed by atoms with van der Waals surface area (Å²) >= 11 is 0. The van der Waals surface area contributed by atoms with Crippen molar-refractivity contribution >= 4 is 12.1 Å². The van der Waals surface area contributed by atoms with Gasteiger partial charge in [0, 0.05) is 5.41 Å². The van der Waals surface area contributed by atoms with E-state index in [0.717, 1.165) is 0 Å². The first-order valence-corrected chi connectivity index (χ1v) is 5.81. The van der Waals surface area contributed by atoms with Gasteiger partial charge in [0.2, 0.25) is 0 Å². The number of carboxylic acid groups (broad SMARTS) is 1. The van der Waals surface area contributed by atoms with Crippen LogP contribution in [0.3, 0.4) is 0 Å². The number of nitrogens with one attached hydrogen (secondary N) is 1. The van der Waals surface area contributed by atoms with E-state index in [9.17, 15) is 14.7 Å². The summed E-state index contributed by atoms with van der Waals surface area (Å²) in [6, 6.07) is 3.92. The number of benzene rings is 1. The first-order chi connectivity index (χ1) is 8.81. The molecular formula is C13H15NO5. The largest absolute Gasteiger partial charge is 0.507 e. The molecule has 1 saturated heterocycles. The molecule has 1 aromatic rings. The summed E-state index contributed by atoms with van der Waals surface area (Å²) in [7, 11) is 0. The lowest BCUT2D eigenvalue weighted by atomic mass is 9.80. The topological polar surface area (TPSA) is 95.9 Å². The minimum Gasteiger partial charge on any atom is -0.507 e. The number of hydrogen-bond donors (Lipinski definition) is 3. The van der Waals surface area contributed by atoms with Crippen molar-refractivity contribution in [3.8, 4) is 5.75 Å². The third kappa shape index (κ3) is 2.47. The molecule has 19 heavy (non-hydrogen) atoms. The van der Waals surface area contributed by atoms with E-state index >= 15 is 0 Å². The molecule has 102 valence electrons. The number of phenols is 1. The maximum atomic E-state index is 11.3. The van der Waals surface area contributed by atoms with Gasteiger partial charge >= 0.3 is 12.1 Å². The van der Waals surface area contributed by atoms with E-state index in [1.54, 1.807) is 6.07 Å². The van der Waals surface area contributed by atoms with Gasteiger partial charge in [-0.1, -0.05) is 19.9 Å². The molecule has 0 aromatic heterocycles. The Bertz CT molecular complexity index is 538. The third-order valence-corrected chi connectivity index (χ3v) is 3.20. The Labute approximate surface area is 110 Å². The number of hydrogen-bond acceptors (Lipinski definition) is 4. The SMILES string of the molecule is CC1(C)COC(=O)N[C@@H]1c1ccc(O)c(C(=O)O)c1. The van der Waals surface area contributed by atoms with Gasteiger partial charge in [-0.25, -0.2) is 9.59 Å². The summed E-state index contributed by atoms with van der Waals surface area (Å²) in [5.41, 5.74) is 0.0617. The number of carbonyl (C=O) groups is 2. The van der Waals surface area contributed by atoms with Crippen molar-refractivity contribution in [1.82, 2.24) is 5.32 Å². The van der Waals surface area contributed by atoms with Gasteiger partial charge in [0.15, 0.2) is 0 Å². The molecular weight excluding hydrogens is 250 g/mol. The highest BCUT2D eigenvalue weighted by Gasteiger charge is 2.38. The van der Waals surface area contributed by atoms with Crippen LogP contribution >= 0.6 is 0 Å². The van der Waals surface area contributed by atoms with E-state index in [-0.39, 0.29) is 29.4 Å². The molecule has 0 saturated carbocycles. The number of alkyl carbamates (subject to hydrolysis) is 1. The van der Waals surface area contributed by atoms with E-state index in [4.69, 9.17) is 9.84 Å². The molecule has 0 radical (unpaired) electrons. The molecule has 1 fully saturated rings. The maximum Gasteiger partial charge on any atom is 0.407 e. The Morgan fingerprint density at radius 3 is 2.79 bits per heavy atom. The zero-order chi connectivity index (χ0) is 14.2. The Kier molecular flexibility index (Phi) is 3.09. The van der Waals surface area contributed by atoms with Crippen molar-refractivity contribution in [3.05, 3.63) is 29.3 Å². The van der Waals surface area contributed by atoms with Crippen LogP contribution in [0.5, 0.6) is 5.75 Å². The lowest BCUT2D eigenvalue weighted by molar-refractivity contribution is 0.0387. The Hall–Kier alpha value is -2.24. The molecule has 0 spiro atoms. The number of aromatic carboxylic acids is 1. The lowest BCUT2D eigenvalue weighted by Gasteiger charge is -2.38. The maximum absolute atomic E-state index is 11.3. The molecule has 1 atom stereocenters. The van der Waals surface area contributed by atoms with Gasteiger partial charge in [-0.3, -0.25) is 0 Å². The highest BCUT2D eigenvalue weighted by molar-refractivity contribution is 5.91. The third-order valence-electron chi connectivity index (χ3n) is 3.20. The smallest absolute Gasteiger partial charge is 0.407 e. The summed E-state index contributed by atoms with van der Waals surface area (Å²) in [6.45, 7) is 4.06. The normalized spacial score (nSPS) is 21.4. The van der Waals surface area contributed by atoms with Crippen molar-refractivity contribution in [2.45, 2.75) is 19.9 Å². The Balaban J connectivity index is 2.42. The molecule has 3 N–H and O–H groups in total. The predicted molar refractivity (Wildman–Crippen MR) is 66.1 cm³/mol. The molecule has 6 heteroatoms. The molecule has 1 aromatic carbocycles. The molecule has 1 aliphatic rings. The van der Waals surface area contributed by atoms with Crippen molar-refractivity contribution < 1.29 is 24.5 Å². The van der Waals surface area contributed by atoms with Crippen molar-refractivity contribution in [3.63, 3.8) is 0 Å². The fraction of sp³-hybridized carbons (Fsp3) is 0.385. The van der Waals surface area contributed by atoms with E-state index in [1.165, 1.54) is 12.1 Å². The van der Waals surface area contributed by atoms with E-state index in [1.807, 2.05) is 13.8 Å². The summed E-state index contributed by atoms with van der Waals surface area (Å²) < 4.78 is 4.93. The van der Waals surface area contributed by atoms with Crippen molar-refractivity contribution in [2.75, 3.05) is 6.61 Å². The molecule has 6 nitrogen and oxygen atoms in total. The van der Waals surface area contributed by atoms with E-state index in [2.05, 4.69) is 5.32 Å². The van der Waals surface area contributed by atoms with Crippen LogP contribution in [0.25, 0.3) is 0 Å². The highest BCUT2D eigenvalue weighted by Crippen LogP contribution is 2.37. The molecule has 0 bridgehead atoms. The van der Waals surface area contributed by atoms with Crippen LogP contribution in [0.2, 0.25) is 0 Å². The van der Waals surface area contributed by atoms with Gasteiger partial charge in [0.25, 0.3) is 0 Å². The van der Waals surface area contributed by atoms with Gasteiger partial charge in [0.1, 0.15) is 17.9 Å². The Morgan fingerprint density at radius 1 is 1.47 bits per heavy atom. The minimum atomic E-state index is -1.21. The molecule has 0 aliphatic carbocycles. The van der Waals surface area contributed by atoms with E-state index in [0.29, 0.717) is 5.56 Å². The molecule has 0 unspecified atom stereocenters. The average Bonchev–Trinajstić information content (AvgIpc) is 2.33. The number of aromatic hydroxyl groups is 1. The first kappa shape index (κ1) is 13.2. The van der Waals surface area contributed by atoms with Gasteiger partial charge < -0.3 is 20.3 Å². The second-order valence-corrected chi connectivity index (χ2v) is 5.22. The summed E-state index contributed by atoms with van der Waals surface area (Å²) in [5, 5.41) is 21.2. The van der Waals surface area contributed by atoms with Crippen LogP contribution < -0.4 is 5.32 Å². The van der Waals surface area contributed by atoms with Gasteiger partial charge in [-0.2, -0.15) is 0 Å². The number of cyclic esters (lactones) is 1. The van der Waals surface area contributed by atoms with Crippen LogP contribution in [0.1, 0.15) is 35.8 Å². The molecule has 1 aliphatic heterocycles. The number of amides is 1. The zero-order valence-corrected chi connectivity index (χ0v) is 10.6. The standard InChI is InChI=1S/C13H15NO5/c1-13(2)6-19-12(18)14-10(13)7-3-4-9(15)8(5-7)11(16)17/h3-5,10,15H,6H2,1-2H3,(H,14,18)(H,16,17)/t10-/m1/s1. The van der Waals surface area contributed by atoms with Gasteiger partial charge in [0.05, 0.1) is 6.04 Å². The minimum absolute atomic E-state index is 0.186. The lowest BCUT2D eigenvalue weighted by Crippen LogP contribution is -2.46. The summed E-state index contributed by atoms with van der Waals surface area (Å²) in [6.07, 6.45) is -0.533. The summed E-state index contributed by atoms with van der Waals surface area (Å²) in [4.78, 5) is 22.3. The fourth-order valence-corrected chi connectivity index (χ4v) is 2.13. The quantitative estimate of drug-likeness (QED) is 0.759. The van der Waals surface area contributed by atoms with Crippen LogP contribution in [0.4, 0.5) is 4.79 Å². The Morgan fingerprint density at radius 2 is 2.16 bits per heavy atom. The number of carbonyl (C=O) groups excluding carboxylic acids is 1. The van der Waals surface area contributed by atoms with Crippen molar-refractivity contribution in [1.29, 1.82) is 0 Å². The second-order valence-electron chi connectivity index (χ2n) is 5.22. The summed E-state index contributed by atoms with van der Waals surface area (Å²) in [5.74, 6) is -1.51. The molecule has 1 amide bonds. The van der Waals surface area contributed by atoms with E-state index < -0.39 is 12.1 Å². The van der Waals surface area contributed by atoms with Gasteiger partial charge in [-0.15, -0.1) is 0 Å². The van der Waals surface area contributed by atoms with Crippen LogP contribution in [0, 0.1) is 5.41 Å². The predicted octanol–water partition coefficient (Wildman–Crippen LogP) is 1.90. The van der Waals surface area contributed by atoms with Crippen LogP contribution in [-0.2, 0) is 4.74 Å². The highest BCUT2D eigenvalue weighted by atomic mass is 16.6. The van der Waals surface area contributed by atoms with Crippen LogP contribution in [0.15, 0.2) is 18.2 Å². The van der Waals surface area contributed by atoms with Crippen molar-refractivity contribution in [2.24, 2.45) is 5.41 Å². The monoisotopic (exact) mass is 265 g/mol. The second kappa shape index (κ2) is 4.46. The number of ether oxygens (including phenoxy) is 1. The van der Waals surface area contributed by atoms with Gasteiger partial charge in [-0.05, 0) is 17.7 Å². The number of carboxylic acids is 1. The molecule has 2 rings (SSSR count). The first-order valence-electron chi connectivity index (χ1n) is 5.81. The van der Waals surface area contributed by atoms with Crippen LogP contribution in [-0.4, -0.2) is 28.9 Å². The fourth-order valence-electron chi connectivity index (χ4n) is 2.13. The number of rotatable bonds is 2.